The number of nitrogens with zero attached hydrogens (tertiary/aromatic N) is 2. The van der Waals surface area contributed by atoms with Crippen molar-refractivity contribution in [3.63, 3.8) is 0 Å². The summed E-state index contributed by atoms with van der Waals surface area (Å²) in [6.45, 7) is 14.8. The van der Waals surface area contributed by atoms with Crippen LogP contribution in [-0.4, -0.2) is 103 Å². The maximum absolute atomic E-state index is 14.5. The normalized spacial score (nSPS) is 20.2. The van der Waals surface area contributed by atoms with E-state index in [4.69, 9.17) is 4.74 Å². The number of hydrogen-bond acceptors (Lipinski definition) is 8. The summed E-state index contributed by atoms with van der Waals surface area (Å²) < 4.78 is 5.59. The highest BCUT2D eigenvalue weighted by Crippen LogP contribution is 2.41. The molecule has 3 rings (SSSR count). The van der Waals surface area contributed by atoms with Gasteiger partial charge in [0.1, 0.15) is 24.2 Å². The summed E-state index contributed by atoms with van der Waals surface area (Å²) in [5.74, 6) is -4.61. The number of likely N-dealkylation sites (N-methyl/N-ethyl adjacent to an activating group) is 1. The Bertz CT molecular complexity index is 1540. The van der Waals surface area contributed by atoms with Gasteiger partial charge in [0.15, 0.2) is 0 Å². The van der Waals surface area contributed by atoms with Crippen LogP contribution in [0.25, 0.3) is 0 Å². The lowest BCUT2D eigenvalue weighted by Gasteiger charge is -2.42. The molecule has 14 nitrogen and oxygen atoms in total. The van der Waals surface area contributed by atoms with Crippen LogP contribution in [0.1, 0.15) is 98.1 Å². The Hall–Kier alpha value is -4.75. The number of ketones is 1. The molecular weight excluding hydrogens is 692 g/mol. The van der Waals surface area contributed by atoms with Gasteiger partial charge in [-0.05, 0) is 43.1 Å². The molecule has 2 fully saturated rings. The van der Waals surface area contributed by atoms with Crippen molar-refractivity contribution in [2.24, 2.45) is 17.3 Å². The van der Waals surface area contributed by atoms with E-state index in [1.165, 1.54) is 9.80 Å². The standard InChI is InChI=1S/C40H60N6O8/c1-10-17-29(33(48)36(50)41-22-30(47)43-31(37(51)45(8)9)28-18-13-11-14-19-28)42-35(49)32-26(5)25(4)23-46(32)38(52)34(40(7)20-15-12-16-21-40)44-39(53)54-27(6)24(2)3/h11,13-14,18-19,24,26-27,29,31-32,34H,4,10,12,15-17,20-23H2,1-3,5-9H3,(H,41,50)(H,42,49)(H,43,47)(H,44,53)/t26-,27?,29?,31?,32-,34+/m0/s1. The molecule has 1 aliphatic carbocycles. The first-order valence-corrected chi connectivity index (χ1v) is 19.0. The molecule has 0 bridgehead atoms. The van der Waals surface area contributed by atoms with Crippen LogP contribution in [0.2, 0.25) is 0 Å². The minimum Gasteiger partial charge on any atom is -0.446 e. The monoisotopic (exact) mass is 752 g/mol. The quantitative estimate of drug-likeness (QED) is 0.146. The Balaban J connectivity index is 1.76. The summed E-state index contributed by atoms with van der Waals surface area (Å²) in [7, 11) is 3.11. The molecule has 1 aliphatic heterocycles. The molecule has 1 saturated heterocycles. The topological polar surface area (TPSA) is 183 Å². The maximum atomic E-state index is 14.5. The number of hydrogen-bond donors (Lipinski definition) is 4. The molecule has 14 heteroatoms. The summed E-state index contributed by atoms with van der Waals surface area (Å²) >= 11 is 0. The van der Waals surface area contributed by atoms with Crippen LogP contribution < -0.4 is 21.3 Å². The second-order valence-electron chi connectivity index (χ2n) is 15.5. The molecule has 1 saturated carbocycles. The SMILES string of the molecule is C=C1CN(C(=O)[C@@H](NC(=O)OC(C)C(C)C)C2(C)CCCCC2)[C@H](C(=O)NC(CCC)C(=O)C(=O)NCC(=O)NC(C(=O)N(C)C)c2ccccc2)[C@H]1C. The lowest BCUT2D eigenvalue weighted by atomic mass is 9.70. The zero-order valence-electron chi connectivity index (χ0n) is 33.2. The van der Waals surface area contributed by atoms with Crippen LogP contribution in [0.15, 0.2) is 42.5 Å². The van der Waals surface area contributed by atoms with Crippen LogP contribution in [0.3, 0.4) is 0 Å². The van der Waals surface area contributed by atoms with Crippen molar-refractivity contribution >= 4 is 41.4 Å². The van der Waals surface area contributed by atoms with Gasteiger partial charge >= 0.3 is 6.09 Å². The van der Waals surface area contributed by atoms with Crippen molar-refractivity contribution in [3.8, 4) is 0 Å². The van der Waals surface area contributed by atoms with Gasteiger partial charge in [-0.1, -0.05) is 103 Å². The summed E-state index contributed by atoms with van der Waals surface area (Å²) in [4.78, 5) is 96.6. The van der Waals surface area contributed by atoms with Gasteiger partial charge in [-0.25, -0.2) is 4.79 Å². The minimum atomic E-state index is -1.24. The molecule has 54 heavy (non-hydrogen) atoms. The Kier molecular flexibility index (Phi) is 15.8. The molecule has 1 heterocycles. The number of benzene rings is 1. The molecule has 3 unspecified atom stereocenters. The molecule has 0 spiro atoms. The molecular formula is C40H60N6O8. The van der Waals surface area contributed by atoms with Gasteiger partial charge in [-0.3, -0.25) is 28.8 Å². The highest BCUT2D eigenvalue weighted by molar-refractivity contribution is 6.38. The predicted molar refractivity (Wildman–Crippen MR) is 204 cm³/mol. The van der Waals surface area contributed by atoms with E-state index in [9.17, 15) is 33.6 Å². The number of ether oxygens (including phenoxy) is 1. The third-order valence-corrected chi connectivity index (χ3v) is 10.8. The first kappa shape index (κ1) is 43.7. The Morgan fingerprint density at radius 1 is 0.963 bits per heavy atom. The van der Waals surface area contributed by atoms with Crippen molar-refractivity contribution in [2.75, 3.05) is 27.2 Å². The number of Topliss-reactive ketones (excluding diaryl/α,β-unsaturated/α-hetero) is 1. The van der Waals surface area contributed by atoms with Crippen LogP contribution >= 0.6 is 0 Å². The van der Waals surface area contributed by atoms with E-state index in [1.807, 2.05) is 20.8 Å². The van der Waals surface area contributed by atoms with E-state index in [-0.39, 0.29) is 30.9 Å². The van der Waals surface area contributed by atoms with E-state index < -0.39 is 77.6 Å². The Morgan fingerprint density at radius 3 is 2.17 bits per heavy atom. The summed E-state index contributed by atoms with van der Waals surface area (Å²) in [6, 6.07) is 4.34. The van der Waals surface area contributed by atoms with Crippen LogP contribution in [0.5, 0.6) is 0 Å². The van der Waals surface area contributed by atoms with E-state index >= 15 is 0 Å². The third kappa shape index (κ3) is 11.1. The minimum absolute atomic E-state index is 0.0646. The van der Waals surface area contributed by atoms with Crippen LogP contribution in [-0.2, 0) is 33.5 Å². The van der Waals surface area contributed by atoms with Gasteiger partial charge in [0.25, 0.3) is 5.91 Å². The first-order chi connectivity index (χ1) is 25.4. The van der Waals surface area contributed by atoms with Crippen LogP contribution in [0, 0.1) is 17.3 Å². The predicted octanol–water partition coefficient (Wildman–Crippen LogP) is 3.42. The van der Waals surface area contributed by atoms with E-state index in [2.05, 4.69) is 27.8 Å². The number of alkyl carbamates (subject to hydrolysis) is 1. The first-order valence-electron chi connectivity index (χ1n) is 19.0. The lowest BCUT2D eigenvalue weighted by Crippen LogP contribution is -2.61. The summed E-state index contributed by atoms with van der Waals surface area (Å²) in [5, 5.41) is 10.5. The van der Waals surface area contributed by atoms with Crippen molar-refractivity contribution in [1.29, 1.82) is 0 Å². The highest BCUT2D eigenvalue weighted by atomic mass is 16.6. The van der Waals surface area contributed by atoms with Crippen molar-refractivity contribution in [1.82, 2.24) is 31.1 Å². The van der Waals surface area contributed by atoms with E-state index in [0.717, 1.165) is 19.3 Å². The third-order valence-electron chi connectivity index (χ3n) is 10.8. The Labute approximate surface area is 319 Å². The smallest absolute Gasteiger partial charge is 0.408 e. The molecule has 0 radical (unpaired) electrons. The van der Waals surface area contributed by atoms with Gasteiger partial charge in [-0.15, -0.1) is 0 Å². The van der Waals surface area contributed by atoms with E-state index in [0.29, 0.717) is 30.4 Å². The average Bonchev–Trinajstić information content (AvgIpc) is 3.44. The van der Waals surface area contributed by atoms with Gasteiger partial charge in [0.2, 0.25) is 29.4 Å². The van der Waals surface area contributed by atoms with Gasteiger partial charge in [0.05, 0.1) is 12.6 Å². The van der Waals surface area contributed by atoms with Crippen molar-refractivity contribution in [3.05, 3.63) is 48.0 Å². The molecule has 6 atom stereocenters. The fourth-order valence-electron chi connectivity index (χ4n) is 6.97. The number of carbonyl (C=O) groups is 7. The number of amides is 6. The van der Waals surface area contributed by atoms with Gasteiger partial charge in [0, 0.05) is 26.6 Å². The molecule has 4 N–H and O–H groups in total. The fraction of sp³-hybridized carbons (Fsp3) is 0.625. The van der Waals surface area contributed by atoms with Gasteiger partial charge < -0.3 is 35.8 Å². The zero-order chi connectivity index (χ0) is 40.3. The summed E-state index contributed by atoms with van der Waals surface area (Å²) in [6.07, 6.45) is 3.65. The van der Waals surface area contributed by atoms with E-state index in [1.54, 1.807) is 65.2 Å². The summed E-state index contributed by atoms with van der Waals surface area (Å²) in [5.41, 5.74) is 0.593. The van der Waals surface area contributed by atoms with Crippen molar-refractivity contribution in [2.45, 2.75) is 117 Å². The van der Waals surface area contributed by atoms with Crippen molar-refractivity contribution < 1.29 is 38.3 Å². The molecule has 298 valence electrons. The second kappa shape index (κ2) is 19.5. The molecule has 6 amide bonds. The average molecular weight is 753 g/mol. The maximum Gasteiger partial charge on any atom is 0.408 e. The zero-order valence-corrected chi connectivity index (χ0v) is 33.2. The second-order valence-corrected chi connectivity index (χ2v) is 15.5. The molecule has 1 aromatic carbocycles. The number of carbonyl (C=O) groups excluding carboxylic acids is 7. The lowest BCUT2D eigenvalue weighted by molar-refractivity contribution is -0.145. The fourth-order valence-corrected chi connectivity index (χ4v) is 6.97. The molecule has 1 aromatic rings. The highest BCUT2D eigenvalue weighted by Gasteiger charge is 2.49. The largest absolute Gasteiger partial charge is 0.446 e. The molecule has 0 aromatic heterocycles. The number of rotatable bonds is 16. The van der Waals surface area contributed by atoms with Crippen LogP contribution in [0.4, 0.5) is 4.79 Å². The number of likely N-dealkylation sites (tertiary alicyclic amines) is 1. The Morgan fingerprint density at radius 2 is 1.59 bits per heavy atom. The number of nitrogens with one attached hydrogen (secondary N) is 4. The van der Waals surface area contributed by atoms with Gasteiger partial charge in [-0.2, -0.15) is 0 Å². The molecule has 2 aliphatic rings.